The van der Waals surface area contributed by atoms with E-state index in [2.05, 4.69) is 4.98 Å². The van der Waals surface area contributed by atoms with E-state index in [-0.39, 0.29) is 29.7 Å². The standard InChI is InChI=1S/C16H21N3O4/c1-18-11-5-4-10(15(18)20)8-19(9-11)16(21)12-6-7-13(22-2)17-14(12)23-3/h6-7,10-11H,4-5,8-9H2,1-3H3/t10-,11+/m0/s1. The molecule has 0 N–H and O–H groups in total. The van der Waals surface area contributed by atoms with Crippen LogP contribution in [0, 0.1) is 5.92 Å². The Kier molecular flexibility index (Phi) is 4.11. The van der Waals surface area contributed by atoms with Crippen LogP contribution in [-0.4, -0.2) is 67.0 Å². The minimum absolute atomic E-state index is 0.0856. The molecule has 4 heterocycles. The van der Waals surface area contributed by atoms with Crippen LogP contribution in [0.25, 0.3) is 0 Å². The molecule has 0 saturated carbocycles. The molecule has 0 radical (unpaired) electrons. The second-order valence-corrected chi connectivity index (χ2v) is 6.00. The molecule has 2 atom stereocenters. The number of rotatable bonds is 3. The van der Waals surface area contributed by atoms with E-state index in [4.69, 9.17) is 9.47 Å². The molecule has 7 heteroatoms. The zero-order chi connectivity index (χ0) is 16.6. The van der Waals surface area contributed by atoms with Crippen molar-refractivity contribution in [2.45, 2.75) is 18.9 Å². The van der Waals surface area contributed by atoms with E-state index in [9.17, 15) is 9.59 Å². The van der Waals surface area contributed by atoms with Crippen molar-refractivity contribution in [3.63, 3.8) is 0 Å². The highest BCUT2D eigenvalue weighted by Gasteiger charge is 2.40. The lowest BCUT2D eigenvalue weighted by molar-refractivity contribution is -0.138. The first-order valence-corrected chi connectivity index (χ1v) is 7.70. The van der Waals surface area contributed by atoms with Gasteiger partial charge >= 0.3 is 0 Å². The molecule has 3 fully saturated rings. The summed E-state index contributed by atoms with van der Waals surface area (Å²) in [5.74, 6) is 0.503. The second-order valence-electron chi connectivity index (χ2n) is 6.00. The number of carbonyl (C=O) groups is 2. The van der Waals surface area contributed by atoms with Crippen LogP contribution in [0.5, 0.6) is 11.8 Å². The Morgan fingerprint density at radius 1 is 1.22 bits per heavy atom. The number of ether oxygens (including phenoxy) is 2. The van der Waals surface area contributed by atoms with Crippen molar-refractivity contribution in [2.75, 3.05) is 34.4 Å². The van der Waals surface area contributed by atoms with Crippen LogP contribution in [0.4, 0.5) is 0 Å². The number of nitrogens with zero attached hydrogens (tertiary/aromatic N) is 3. The highest BCUT2D eigenvalue weighted by atomic mass is 16.5. The number of aromatic nitrogens is 1. The number of piperidine rings is 1. The molecule has 0 aliphatic carbocycles. The lowest BCUT2D eigenvalue weighted by Gasteiger charge is -2.32. The quantitative estimate of drug-likeness (QED) is 0.824. The van der Waals surface area contributed by atoms with Crippen LogP contribution in [0.2, 0.25) is 0 Å². The predicted octanol–water partition coefficient (Wildman–Crippen LogP) is 0.792. The fraction of sp³-hybridized carbons (Fsp3) is 0.562. The molecule has 1 aromatic rings. The Morgan fingerprint density at radius 2 is 2.00 bits per heavy atom. The van der Waals surface area contributed by atoms with Crippen molar-refractivity contribution in [1.29, 1.82) is 0 Å². The monoisotopic (exact) mass is 319 g/mol. The number of amides is 2. The van der Waals surface area contributed by atoms with Gasteiger partial charge in [0.05, 0.1) is 20.1 Å². The molecule has 1 aromatic heterocycles. The molecule has 3 aliphatic heterocycles. The summed E-state index contributed by atoms with van der Waals surface area (Å²) in [5, 5.41) is 0. The SMILES string of the molecule is COc1ccc(C(=O)N2C[C@@H]3CC[C@H](C2)N(C)C3=O)c(OC)n1. The second kappa shape index (κ2) is 6.06. The molecule has 0 spiro atoms. The maximum Gasteiger partial charge on any atom is 0.259 e. The van der Waals surface area contributed by atoms with Crippen LogP contribution in [0.1, 0.15) is 23.2 Å². The van der Waals surface area contributed by atoms with Crippen LogP contribution >= 0.6 is 0 Å². The first kappa shape index (κ1) is 15.6. The summed E-state index contributed by atoms with van der Waals surface area (Å²) in [7, 11) is 4.81. The van der Waals surface area contributed by atoms with Gasteiger partial charge in [0.15, 0.2) is 0 Å². The van der Waals surface area contributed by atoms with E-state index in [1.54, 1.807) is 21.9 Å². The molecular formula is C16H21N3O4. The topological polar surface area (TPSA) is 72.0 Å². The maximum absolute atomic E-state index is 12.9. The van der Waals surface area contributed by atoms with Gasteiger partial charge in [0.25, 0.3) is 5.91 Å². The number of methoxy groups -OCH3 is 2. The van der Waals surface area contributed by atoms with Crippen molar-refractivity contribution in [2.24, 2.45) is 5.92 Å². The third kappa shape index (κ3) is 2.71. The number of hydrogen-bond donors (Lipinski definition) is 0. The molecule has 2 bridgehead atoms. The smallest absolute Gasteiger partial charge is 0.259 e. The van der Waals surface area contributed by atoms with Crippen molar-refractivity contribution in [3.05, 3.63) is 17.7 Å². The summed E-state index contributed by atoms with van der Waals surface area (Å²) in [6.07, 6.45) is 1.78. The molecule has 23 heavy (non-hydrogen) atoms. The van der Waals surface area contributed by atoms with E-state index in [1.807, 2.05) is 7.05 Å². The Bertz CT molecular complexity index is 634. The zero-order valence-electron chi connectivity index (χ0n) is 13.6. The van der Waals surface area contributed by atoms with E-state index in [0.29, 0.717) is 24.5 Å². The van der Waals surface area contributed by atoms with Gasteiger partial charge < -0.3 is 19.3 Å². The Morgan fingerprint density at radius 3 is 2.70 bits per heavy atom. The molecule has 7 nitrogen and oxygen atoms in total. The lowest BCUT2D eigenvalue weighted by atomic mass is 9.95. The minimum atomic E-state index is -0.156. The number of fused-ring (bicyclic) bond motifs is 4. The summed E-state index contributed by atoms with van der Waals surface area (Å²) in [6.45, 7) is 1.00. The van der Waals surface area contributed by atoms with Gasteiger partial charge in [-0.15, -0.1) is 0 Å². The molecule has 3 aliphatic rings. The summed E-state index contributed by atoms with van der Waals surface area (Å²) in [5.41, 5.74) is 0.393. The van der Waals surface area contributed by atoms with Crippen molar-refractivity contribution >= 4 is 11.8 Å². The summed E-state index contributed by atoms with van der Waals surface area (Å²) < 4.78 is 10.3. The van der Waals surface area contributed by atoms with Crippen LogP contribution in [-0.2, 0) is 4.79 Å². The largest absolute Gasteiger partial charge is 0.481 e. The van der Waals surface area contributed by atoms with Crippen LogP contribution in [0.3, 0.4) is 0 Å². The van der Waals surface area contributed by atoms with Crippen molar-refractivity contribution < 1.29 is 19.1 Å². The number of pyridine rings is 1. The minimum Gasteiger partial charge on any atom is -0.481 e. The van der Waals surface area contributed by atoms with Gasteiger partial charge in [-0.25, -0.2) is 0 Å². The van der Waals surface area contributed by atoms with E-state index >= 15 is 0 Å². The van der Waals surface area contributed by atoms with E-state index in [1.165, 1.54) is 14.2 Å². The first-order valence-electron chi connectivity index (χ1n) is 7.70. The molecule has 2 amide bonds. The number of carbonyl (C=O) groups excluding carboxylic acids is 2. The van der Waals surface area contributed by atoms with Gasteiger partial charge in [0, 0.05) is 32.2 Å². The number of hydrogen-bond acceptors (Lipinski definition) is 5. The highest BCUT2D eigenvalue weighted by Crippen LogP contribution is 2.30. The molecule has 0 unspecified atom stereocenters. The first-order chi connectivity index (χ1) is 11.0. The fourth-order valence-electron chi connectivity index (χ4n) is 3.35. The van der Waals surface area contributed by atoms with Gasteiger partial charge in [0.1, 0.15) is 5.56 Å². The number of likely N-dealkylation sites (N-methyl/N-ethyl adjacent to an activating group) is 1. The molecule has 4 rings (SSSR count). The van der Waals surface area contributed by atoms with Gasteiger partial charge in [-0.1, -0.05) is 0 Å². The average molecular weight is 319 g/mol. The molecule has 0 aromatic carbocycles. The maximum atomic E-state index is 12.9. The third-order valence-electron chi connectivity index (χ3n) is 4.72. The van der Waals surface area contributed by atoms with E-state index < -0.39 is 0 Å². The lowest BCUT2D eigenvalue weighted by Crippen LogP contribution is -2.45. The highest BCUT2D eigenvalue weighted by molar-refractivity contribution is 5.97. The summed E-state index contributed by atoms with van der Waals surface area (Å²) in [4.78, 5) is 32.8. The average Bonchev–Trinajstić information content (AvgIpc) is 2.87. The predicted molar refractivity (Wildman–Crippen MR) is 82.5 cm³/mol. The van der Waals surface area contributed by atoms with Gasteiger partial charge in [-0.05, 0) is 18.9 Å². The van der Waals surface area contributed by atoms with Gasteiger partial charge in [-0.3, -0.25) is 9.59 Å². The Hall–Kier alpha value is -2.31. The van der Waals surface area contributed by atoms with E-state index in [0.717, 1.165) is 12.8 Å². The van der Waals surface area contributed by atoms with Gasteiger partial charge in [0.2, 0.25) is 17.7 Å². The third-order valence-corrected chi connectivity index (χ3v) is 4.72. The Labute approximate surface area is 135 Å². The molecular weight excluding hydrogens is 298 g/mol. The zero-order valence-corrected chi connectivity index (χ0v) is 13.6. The van der Waals surface area contributed by atoms with Crippen LogP contribution < -0.4 is 9.47 Å². The van der Waals surface area contributed by atoms with Crippen molar-refractivity contribution in [3.8, 4) is 11.8 Å². The molecule has 3 saturated heterocycles. The summed E-state index contributed by atoms with van der Waals surface area (Å²) in [6, 6.07) is 3.38. The summed E-state index contributed by atoms with van der Waals surface area (Å²) >= 11 is 0. The Balaban J connectivity index is 1.88. The fourth-order valence-corrected chi connectivity index (χ4v) is 3.35. The van der Waals surface area contributed by atoms with Crippen molar-refractivity contribution in [1.82, 2.24) is 14.8 Å². The normalized spacial score (nSPS) is 23.7. The van der Waals surface area contributed by atoms with Gasteiger partial charge in [-0.2, -0.15) is 4.98 Å². The molecule has 124 valence electrons. The van der Waals surface area contributed by atoms with Crippen LogP contribution in [0.15, 0.2) is 12.1 Å².